The van der Waals surface area contributed by atoms with Crippen molar-refractivity contribution < 1.29 is 13.5 Å². The van der Waals surface area contributed by atoms with E-state index in [-0.39, 0.29) is 20.7 Å². The van der Waals surface area contributed by atoms with Gasteiger partial charge in [-0.1, -0.05) is 23.2 Å². The van der Waals surface area contributed by atoms with Gasteiger partial charge in [0.15, 0.2) is 0 Å². The molecule has 0 radical (unpaired) electrons. The minimum absolute atomic E-state index is 0.0683. The second kappa shape index (κ2) is 5.49. The topological polar surface area (TPSA) is 66.4 Å². The first-order valence-electron chi connectivity index (χ1n) is 4.76. The van der Waals surface area contributed by atoms with Gasteiger partial charge >= 0.3 is 0 Å². The van der Waals surface area contributed by atoms with Crippen LogP contribution in [0.3, 0.4) is 0 Å². The molecule has 1 aromatic carbocycles. The van der Waals surface area contributed by atoms with Crippen LogP contribution in [0, 0.1) is 0 Å². The van der Waals surface area contributed by atoms with Crippen molar-refractivity contribution in [2.45, 2.75) is 4.21 Å². The van der Waals surface area contributed by atoms with Crippen molar-refractivity contribution in [3.05, 3.63) is 38.1 Å². The second-order valence-corrected chi connectivity index (χ2v) is 8.55. The van der Waals surface area contributed by atoms with Gasteiger partial charge in [0, 0.05) is 6.07 Å². The van der Waals surface area contributed by atoms with Gasteiger partial charge in [-0.05, 0) is 34.1 Å². The molecule has 0 atom stereocenters. The van der Waals surface area contributed by atoms with E-state index in [0.717, 1.165) is 11.3 Å². The van der Waals surface area contributed by atoms with Crippen molar-refractivity contribution >= 4 is 66.2 Å². The van der Waals surface area contributed by atoms with Crippen LogP contribution in [0.5, 0.6) is 5.75 Å². The fourth-order valence-corrected chi connectivity index (χ4v) is 4.81. The molecule has 0 saturated carbocycles. The minimum atomic E-state index is -3.74. The monoisotopic (exact) mass is 401 g/mol. The predicted octanol–water partition coefficient (Wildman–Crippen LogP) is 4.32. The Morgan fingerprint density at radius 1 is 1.21 bits per heavy atom. The Morgan fingerprint density at radius 3 is 2.42 bits per heavy atom. The molecule has 0 aliphatic heterocycles. The van der Waals surface area contributed by atoms with Gasteiger partial charge in [0.25, 0.3) is 10.0 Å². The molecule has 0 bridgehead atoms. The summed E-state index contributed by atoms with van der Waals surface area (Å²) in [6.45, 7) is 0. The molecule has 0 aliphatic rings. The Bertz CT molecular complexity index is 711. The number of sulfonamides is 1. The number of hydrogen-bond acceptors (Lipinski definition) is 4. The quantitative estimate of drug-likeness (QED) is 0.803. The van der Waals surface area contributed by atoms with E-state index in [2.05, 4.69) is 20.7 Å². The Balaban J connectivity index is 2.33. The summed E-state index contributed by atoms with van der Waals surface area (Å²) in [6.07, 6.45) is 0. The summed E-state index contributed by atoms with van der Waals surface area (Å²) in [7, 11) is -3.74. The molecule has 0 unspecified atom stereocenters. The second-order valence-electron chi connectivity index (χ2n) is 3.46. The van der Waals surface area contributed by atoms with Crippen LogP contribution in [0.2, 0.25) is 10.0 Å². The maximum absolute atomic E-state index is 12.1. The molecule has 9 heteroatoms. The van der Waals surface area contributed by atoms with Crippen molar-refractivity contribution in [1.29, 1.82) is 0 Å². The highest BCUT2D eigenvalue weighted by Crippen LogP contribution is 2.35. The number of thiophene rings is 1. The summed E-state index contributed by atoms with van der Waals surface area (Å²) in [6, 6.07) is 5.41. The molecule has 2 rings (SSSR count). The van der Waals surface area contributed by atoms with Crippen LogP contribution < -0.4 is 4.72 Å². The lowest BCUT2D eigenvalue weighted by molar-refractivity contribution is 0.476. The lowest BCUT2D eigenvalue weighted by atomic mass is 10.3. The third-order valence-electron chi connectivity index (χ3n) is 2.09. The maximum atomic E-state index is 12.1. The summed E-state index contributed by atoms with van der Waals surface area (Å²) in [5, 5.41) is 9.89. The Kier molecular flexibility index (Phi) is 4.32. The third-order valence-corrected chi connectivity index (χ3v) is 6.73. The SMILES string of the molecule is O=S(=O)(Nc1ccc(Cl)c(O)c1)c1cc(Cl)c(Br)s1. The number of hydrogen-bond donors (Lipinski definition) is 2. The lowest BCUT2D eigenvalue weighted by Gasteiger charge is -2.07. The number of anilines is 1. The van der Waals surface area contributed by atoms with Crippen molar-refractivity contribution in [3.8, 4) is 5.75 Å². The highest BCUT2D eigenvalue weighted by molar-refractivity contribution is 9.11. The van der Waals surface area contributed by atoms with Gasteiger partial charge in [-0.25, -0.2) is 8.42 Å². The number of phenols is 1. The smallest absolute Gasteiger partial charge is 0.271 e. The van der Waals surface area contributed by atoms with Gasteiger partial charge in [0.05, 0.1) is 19.5 Å². The van der Waals surface area contributed by atoms with Crippen molar-refractivity contribution in [2.75, 3.05) is 4.72 Å². The van der Waals surface area contributed by atoms with E-state index in [4.69, 9.17) is 23.2 Å². The fraction of sp³-hybridized carbons (Fsp3) is 0. The number of halogens is 3. The zero-order valence-electron chi connectivity index (χ0n) is 9.02. The molecule has 2 N–H and O–H groups in total. The molecule has 4 nitrogen and oxygen atoms in total. The van der Waals surface area contributed by atoms with Gasteiger partial charge in [-0.2, -0.15) is 0 Å². The number of benzene rings is 1. The van der Waals surface area contributed by atoms with Crippen LogP contribution in [0.25, 0.3) is 0 Å². The van der Waals surface area contributed by atoms with Crippen LogP contribution in [-0.4, -0.2) is 13.5 Å². The summed E-state index contributed by atoms with van der Waals surface area (Å²) in [5.41, 5.74) is 0.211. The largest absolute Gasteiger partial charge is 0.506 e. The molecule has 102 valence electrons. The molecular weight excluding hydrogens is 397 g/mol. The number of phenolic OH excluding ortho intramolecular Hbond substituents is 1. The molecule has 0 fully saturated rings. The molecule has 1 heterocycles. The Hall–Kier alpha value is -0.470. The van der Waals surface area contributed by atoms with Gasteiger partial charge in [0.1, 0.15) is 9.96 Å². The van der Waals surface area contributed by atoms with E-state index >= 15 is 0 Å². The number of rotatable bonds is 3. The normalized spacial score (nSPS) is 11.5. The molecule has 0 spiro atoms. The Labute approximate surface area is 132 Å². The first-order valence-corrected chi connectivity index (χ1v) is 8.60. The van der Waals surface area contributed by atoms with Crippen LogP contribution >= 0.6 is 50.5 Å². The van der Waals surface area contributed by atoms with Crippen molar-refractivity contribution in [2.24, 2.45) is 0 Å². The average molecular weight is 403 g/mol. The highest BCUT2D eigenvalue weighted by atomic mass is 79.9. The zero-order valence-corrected chi connectivity index (χ0v) is 13.8. The molecule has 19 heavy (non-hydrogen) atoms. The Morgan fingerprint density at radius 2 is 1.89 bits per heavy atom. The molecule has 1 aromatic heterocycles. The molecule has 0 saturated heterocycles. The van der Waals surface area contributed by atoms with E-state index in [1.54, 1.807) is 0 Å². The minimum Gasteiger partial charge on any atom is -0.506 e. The van der Waals surface area contributed by atoms with E-state index in [0.29, 0.717) is 8.81 Å². The van der Waals surface area contributed by atoms with Crippen molar-refractivity contribution in [1.82, 2.24) is 0 Å². The number of aromatic hydroxyl groups is 1. The highest BCUT2D eigenvalue weighted by Gasteiger charge is 2.19. The van der Waals surface area contributed by atoms with E-state index in [1.807, 2.05) is 0 Å². The standard InChI is InChI=1S/C10H6BrCl2NO3S2/c11-10-7(13)4-9(18-10)19(16,17)14-5-1-2-6(12)8(15)3-5/h1-4,14-15H. The van der Waals surface area contributed by atoms with Gasteiger partial charge in [-0.3, -0.25) is 4.72 Å². The van der Waals surface area contributed by atoms with E-state index in [9.17, 15) is 13.5 Å². The fourth-order valence-electron chi connectivity index (χ4n) is 1.24. The van der Waals surface area contributed by atoms with Crippen LogP contribution in [0.1, 0.15) is 0 Å². The lowest BCUT2D eigenvalue weighted by Crippen LogP contribution is -2.11. The van der Waals surface area contributed by atoms with Crippen molar-refractivity contribution in [3.63, 3.8) is 0 Å². The van der Waals surface area contributed by atoms with E-state index < -0.39 is 10.0 Å². The summed E-state index contributed by atoms with van der Waals surface area (Å²) in [5.74, 6) is -0.202. The molecule has 0 amide bonds. The summed E-state index contributed by atoms with van der Waals surface area (Å²) < 4.78 is 27.1. The summed E-state index contributed by atoms with van der Waals surface area (Å²) >= 11 is 15.6. The third kappa shape index (κ3) is 3.35. The molecule has 2 aromatic rings. The predicted molar refractivity (Wildman–Crippen MR) is 81.0 cm³/mol. The molecule has 0 aliphatic carbocycles. The zero-order chi connectivity index (χ0) is 14.2. The molecular formula is C10H6BrCl2NO3S2. The average Bonchev–Trinajstić information content (AvgIpc) is 2.65. The maximum Gasteiger partial charge on any atom is 0.271 e. The van der Waals surface area contributed by atoms with E-state index in [1.165, 1.54) is 24.3 Å². The first kappa shape index (κ1) is 14.9. The van der Waals surface area contributed by atoms with Crippen LogP contribution in [-0.2, 0) is 10.0 Å². The van der Waals surface area contributed by atoms with Crippen LogP contribution in [0.4, 0.5) is 5.69 Å². The summed E-state index contributed by atoms with van der Waals surface area (Å²) in [4.78, 5) is 0. The number of nitrogens with one attached hydrogen (secondary N) is 1. The van der Waals surface area contributed by atoms with Gasteiger partial charge < -0.3 is 5.11 Å². The van der Waals surface area contributed by atoms with Gasteiger partial charge in [-0.15, -0.1) is 11.3 Å². The van der Waals surface area contributed by atoms with Crippen LogP contribution in [0.15, 0.2) is 32.3 Å². The van der Waals surface area contributed by atoms with Gasteiger partial charge in [0.2, 0.25) is 0 Å². The first-order chi connectivity index (χ1) is 8.79.